The van der Waals surface area contributed by atoms with Gasteiger partial charge in [-0.3, -0.25) is 0 Å². The van der Waals surface area contributed by atoms with Crippen LogP contribution in [0.2, 0.25) is 0 Å². The van der Waals surface area contributed by atoms with Gasteiger partial charge in [-0.05, 0) is 30.5 Å². The molecule has 3 N–H and O–H groups in total. The number of aliphatic hydroxyl groups excluding tert-OH is 2. The topological polar surface area (TPSA) is 61.7 Å². The van der Waals surface area contributed by atoms with E-state index in [0.29, 0.717) is 12.5 Å². The number of ether oxygens (including phenoxy) is 1. The molecule has 0 fully saturated rings. The van der Waals surface area contributed by atoms with E-state index in [1.54, 1.807) is 0 Å². The van der Waals surface area contributed by atoms with Crippen LogP contribution in [0.25, 0.3) is 0 Å². The zero-order chi connectivity index (χ0) is 14.3. The van der Waals surface area contributed by atoms with E-state index in [4.69, 9.17) is 14.9 Å². The standard InChI is InChI=1S/C15H25NO3/c1-11(2)10-19-15-6-4-13(5-7-15)12(3)16-14(8-17)9-18/h4-7,11-12,14,16-18H,8-10H2,1-3H3. The molecule has 1 unspecified atom stereocenters. The number of benzene rings is 1. The minimum Gasteiger partial charge on any atom is -0.493 e. The molecule has 0 spiro atoms. The van der Waals surface area contributed by atoms with Crippen molar-refractivity contribution in [1.82, 2.24) is 5.32 Å². The first-order valence-corrected chi connectivity index (χ1v) is 6.77. The van der Waals surface area contributed by atoms with E-state index in [9.17, 15) is 0 Å². The average molecular weight is 267 g/mol. The van der Waals surface area contributed by atoms with E-state index < -0.39 is 0 Å². The summed E-state index contributed by atoms with van der Waals surface area (Å²) in [5.41, 5.74) is 1.10. The number of hydrogen-bond donors (Lipinski definition) is 3. The van der Waals surface area contributed by atoms with Crippen LogP contribution in [-0.4, -0.2) is 36.1 Å². The van der Waals surface area contributed by atoms with Crippen LogP contribution in [-0.2, 0) is 0 Å². The Hall–Kier alpha value is -1.10. The molecule has 0 aliphatic rings. The van der Waals surface area contributed by atoms with Crippen LogP contribution in [0, 0.1) is 5.92 Å². The van der Waals surface area contributed by atoms with Crippen molar-refractivity contribution in [3.63, 3.8) is 0 Å². The molecule has 0 aliphatic carbocycles. The van der Waals surface area contributed by atoms with Crippen molar-refractivity contribution in [2.45, 2.75) is 32.9 Å². The fraction of sp³-hybridized carbons (Fsp3) is 0.600. The molecule has 0 amide bonds. The molecule has 0 saturated carbocycles. The number of rotatable bonds is 8. The first kappa shape index (κ1) is 16.0. The Balaban J connectivity index is 2.55. The third-order valence-electron chi connectivity index (χ3n) is 2.89. The second-order valence-corrected chi connectivity index (χ2v) is 5.22. The summed E-state index contributed by atoms with van der Waals surface area (Å²) in [4.78, 5) is 0. The van der Waals surface area contributed by atoms with Crippen LogP contribution >= 0.6 is 0 Å². The third-order valence-corrected chi connectivity index (χ3v) is 2.89. The molecule has 1 atom stereocenters. The normalized spacial score (nSPS) is 13.0. The highest BCUT2D eigenvalue weighted by molar-refractivity contribution is 5.29. The summed E-state index contributed by atoms with van der Waals surface area (Å²) in [6.07, 6.45) is 0. The van der Waals surface area contributed by atoms with Gasteiger partial charge in [0.25, 0.3) is 0 Å². The van der Waals surface area contributed by atoms with Gasteiger partial charge >= 0.3 is 0 Å². The minimum absolute atomic E-state index is 0.0726. The summed E-state index contributed by atoms with van der Waals surface area (Å²) in [5, 5.41) is 21.3. The SMILES string of the molecule is CC(C)COc1ccc(C(C)NC(CO)CO)cc1. The Morgan fingerprint density at radius 1 is 1.05 bits per heavy atom. The summed E-state index contributed by atoms with van der Waals surface area (Å²) < 4.78 is 5.63. The second kappa shape index (κ2) is 8.15. The Morgan fingerprint density at radius 3 is 2.11 bits per heavy atom. The minimum atomic E-state index is -0.285. The predicted octanol–water partition coefficient (Wildman–Crippen LogP) is 1.73. The highest BCUT2D eigenvalue weighted by Crippen LogP contribution is 2.18. The summed E-state index contributed by atoms with van der Waals surface area (Å²) in [6.45, 7) is 6.80. The van der Waals surface area contributed by atoms with Gasteiger partial charge in [-0.25, -0.2) is 0 Å². The van der Waals surface area contributed by atoms with Gasteiger partial charge in [-0.2, -0.15) is 0 Å². The van der Waals surface area contributed by atoms with Crippen molar-refractivity contribution < 1.29 is 14.9 Å². The molecule has 0 heterocycles. The fourth-order valence-electron chi connectivity index (χ4n) is 1.73. The largest absolute Gasteiger partial charge is 0.493 e. The van der Waals surface area contributed by atoms with E-state index in [2.05, 4.69) is 19.2 Å². The van der Waals surface area contributed by atoms with Gasteiger partial charge in [0.15, 0.2) is 0 Å². The third kappa shape index (κ3) is 5.59. The van der Waals surface area contributed by atoms with Crippen LogP contribution in [0.5, 0.6) is 5.75 Å². The first-order valence-electron chi connectivity index (χ1n) is 6.77. The lowest BCUT2D eigenvalue weighted by atomic mass is 10.1. The maximum absolute atomic E-state index is 9.05. The van der Waals surface area contributed by atoms with Gasteiger partial charge in [-0.1, -0.05) is 26.0 Å². The lowest BCUT2D eigenvalue weighted by molar-refractivity contribution is 0.163. The molecule has 4 nitrogen and oxygen atoms in total. The average Bonchev–Trinajstić information content (AvgIpc) is 2.42. The lowest BCUT2D eigenvalue weighted by Gasteiger charge is -2.20. The molecule has 1 aromatic carbocycles. The molecule has 0 aliphatic heterocycles. The summed E-state index contributed by atoms with van der Waals surface area (Å²) >= 11 is 0. The van der Waals surface area contributed by atoms with Crippen LogP contribution < -0.4 is 10.1 Å². The van der Waals surface area contributed by atoms with E-state index in [1.165, 1.54) is 0 Å². The molecule has 0 saturated heterocycles. The highest BCUT2D eigenvalue weighted by atomic mass is 16.5. The van der Waals surface area contributed by atoms with Crippen molar-refractivity contribution in [2.24, 2.45) is 5.92 Å². The number of nitrogens with one attached hydrogen (secondary N) is 1. The quantitative estimate of drug-likeness (QED) is 0.671. The van der Waals surface area contributed by atoms with Crippen molar-refractivity contribution in [3.8, 4) is 5.75 Å². The molecule has 0 aromatic heterocycles. The Morgan fingerprint density at radius 2 is 1.63 bits per heavy atom. The maximum atomic E-state index is 9.05. The lowest BCUT2D eigenvalue weighted by Crippen LogP contribution is -2.37. The number of hydrogen-bond acceptors (Lipinski definition) is 4. The fourth-order valence-corrected chi connectivity index (χ4v) is 1.73. The van der Waals surface area contributed by atoms with Gasteiger partial charge in [0.2, 0.25) is 0 Å². The molecule has 108 valence electrons. The smallest absolute Gasteiger partial charge is 0.119 e. The maximum Gasteiger partial charge on any atom is 0.119 e. The highest BCUT2D eigenvalue weighted by Gasteiger charge is 2.11. The van der Waals surface area contributed by atoms with Crippen molar-refractivity contribution in [2.75, 3.05) is 19.8 Å². The van der Waals surface area contributed by atoms with Crippen LogP contribution in [0.15, 0.2) is 24.3 Å². The van der Waals surface area contributed by atoms with E-state index in [0.717, 1.165) is 11.3 Å². The number of aliphatic hydroxyl groups is 2. The van der Waals surface area contributed by atoms with Gasteiger partial charge in [0, 0.05) is 6.04 Å². The van der Waals surface area contributed by atoms with Crippen LogP contribution in [0.3, 0.4) is 0 Å². The van der Waals surface area contributed by atoms with Gasteiger partial charge in [0.05, 0.1) is 25.9 Å². The van der Waals surface area contributed by atoms with Crippen LogP contribution in [0.1, 0.15) is 32.4 Å². The Bertz CT molecular complexity index is 347. The first-order chi connectivity index (χ1) is 9.06. The van der Waals surface area contributed by atoms with Crippen molar-refractivity contribution in [3.05, 3.63) is 29.8 Å². The van der Waals surface area contributed by atoms with Crippen molar-refractivity contribution in [1.29, 1.82) is 0 Å². The molecule has 4 heteroatoms. The molecular weight excluding hydrogens is 242 g/mol. The van der Waals surface area contributed by atoms with Crippen LogP contribution in [0.4, 0.5) is 0 Å². The molecule has 0 bridgehead atoms. The second-order valence-electron chi connectivity index (χ2n) is 5.22. The zero-order valence-electron chi connectivity index (χ0n) is 12.0. The summed E-state index contributed by atoms with van der Waals surface area (Å²) in [6, 6.07) is 7.68. The Kier molecular flexibility index (Phi) is 6.84. The van der Waals surface area contributed by atoms with Gasteiger partial charge < -0.3 is 20.3 Å². The molecule has 1 aromatic rings. The predicted molar refractivity (Wildman–Crippen MR) is 76.3 cm³/mol. The molecule has 0 radical (unpaired) electrons. The molecule has 19 heavy (non-hydrogen) atoms. The monoisotopic (exact) mass is 267 g/mol. The zero-order valence-corrected chi connectivity index (χ0v) is 12.0. The van der Waals surface area contributed by atoms with Gasteiger partial charge in [-0.15, -0.1) is 0 Å². The summed E-state index contributed by atoms with van der Waals surface area (Å²) in [7, 11) is 0. The van der Waals surface area contributed by atoms with Gasteiger partial charge in [0.1, 0.15) is 5.75 Å². The van der Waals surface area contributed by atoms with E-state index in [1.807, 2.05) is 31.2 Å². The van der Waals surface area contributed by atoms with E-state index >= 15 is 0 Å². The molecule has 1 rings (SSSR count). The van der Waals surface area contributed by atoms with E-state index in [-0.39, 0.29) is 25.3 Å². The van der Waals surface area contributed by atoms with Crippen molar-refractivity contribution >= 4 is 0 Å². The molecular formula is C15H25NO3. The summed E-state index contributed by atoms with van der Waals surface area (Å²) in [5.74, 6) is 1.38. The Labute approximate surface area is 115 Å².